The Balaban J connectivity index is 2.16. The molecule has 9 heteroatoms. The lowest BCUT2D eigenvalue weighted by atomic mass is 9.99. The van der Waals surface area contributed by atoms with Crippen LogP contribution in [0, 0.1) is 6.92 Å². The van der Waals surface area contributed by atoms with Crippen molar-refractivity contribution in [2.75, 3.05) is 19.7 Å². The standard InChI is InChI=1S/C25H34ClNO5S2/c1-6-12-27(34(30,31)21-9-10-22(17(3)7-2)23(26)14-21)15-19(5)33-20-8-11-24(18(4)13-20)32-16-25(28)29/h8-11,13-14,17,19H,6-7,12,15-16H2,1-5H3,(H,28,29)/t17?,19-/m1/s1. The number of thioether (sulfide) groups is 1. The maximum atomic E-state index is 13.4. The number of halogens is 1. The number of aryl methyl sites for hydroxylation is 1. The number of aliphatic carboxylic acids is 1. The quantitative estimate of drug-likeness (QED) is 0.312. The maximum absolute atomic E-state index is 13.4. The van der Waals surface area contributed by atoms with Crippen LogP contribution in [0.4, 0.5) is 0 Å². The van der Waals surface area contributed by atoms with E-state index in [9.17, 15) is 13.2 Å². The fraction of sp³-hybridized carbons (Fsp3) is 0.480. The van der Waals surface area contributed by atoms with Crippen LogP contribution in [-0.4, -0.2) is 48.7 Å². The molecule has 0 aromatic heterocycles. The minimum Gasteiger partial charge on any atom is -0.482 e. The van der Waals surface area contributed by atoms with E-state index in [2.05, 4.69) is 13.8 Å². The molecule has 2 aromatic carbocycles. The van der Waals surface area contributed by atoms with Crippen LogP contribution in [-0.2, 0) is 14.8 Å². The third kappa shape index (κ3) is 7.63. The lowest BCUT2D eigenvalue weighted by Crippen LogP contribution is -2.36. The smallest absolute Gasteiger partial charge is 0.341 e. The summed E-state index contributed by atoms with van der Waals surface area (Å²) in [7, 11) is -3.69. The summed E-state index contributed by atoms with van der Waals surface area (Å²) in [6.07, 6.45) is 1.62. The predicted octanol–water partition coefficient (Wildman–Crippen LogP) is 6.21. The van der Waals surface area contributed by atoms with Gasteiger partial charge in [-0.2, -0.15) is 4.31 Å². The van der Waals surface area contributed by atoms with Crippen molar-refractivity contribution in [3.05, 3.63) is 52.5 Å². The maximum Gasteiger partial charge on any atom is 0.341 e. The number of sulfonamides is 1. The molecule has 2 aromatic rings. The van der Waals surface area contributed by atoms with E-state index >= 15 is 0 Å². The SMILES string of the molecule is CCCN(C[C@@H](C)Sc1ccc(OCC(=O)O)c(C)c1)S(=O)(=O)c1ccc(C(C)CC)c(Cl)c1. The Hall–Kier alpha value is -1.74. The van der Waals surface area contributed by atoms with E-state index < -0.39 is 22.6 Å². The first-order chi connectivity index (χ1) is 16.0. The molecular weight excluding hydrogens is 494 g/mol. The summed E-state index contributed by atoms with van der Waals surface area (Å²) in [5.74, 6) is -0.247. The van der Waals surface area contributed by atoms with E-state index in [4.69, 9.17) is 21.4 Å². The summed E-state index contributed by atoms with van der Waals surface area (Å²) in [5.41, 5.74) is 1.78. The number of rotatable bonds is 13. The minimum absolute atomic E-state index is 0.0126. The van der Waals surface area contributed by atoms with Gasteiger partial charge < -0.3 is 9.84 Å². The summed E-state index contributed by atoms with van der Waals surface area (Å²) in [4.78, 5) is 11.9. The molecule has 34 heavy (non-hydrogen) atoms. The number of carboxylic acid groups (broad SMARTS) is 1. The molecule has 0 heterocycles. The van der Waals surface area contributed by atoms with Crippen molar-refractivity contribution in [2.45, 2.75) is 68.4 Å². The highest BCUT2D eigenvalue weighted by atomic mass is 35.5. The van der Waals surface area contributed by atoms with Crippen molar-refractivity contribution in [3.8, 4) is 5.75 Å². The molecule has 188 valence electrons. The van der Waals surface area contributed by atoms with Crippen LogP contribution in [0.2, 0.25) is 5.02 Å². The summed E-state index contributed by atoms with van der Waals surface area (Å²) in [6.45, 7) is 10.3. The Labute approximate surface area is 212 Å². The predicted molar refractivity (Wildman–Crippen MR) is 139 cm³/mol. The Morgan fingerprint density at radius 3 is 2.44 bits per heavy atom. The molecule has 0 aliphatic carbocycles. The summed E-state index contributed by atoms with van der Waals surface area (Å²) in [5, 5.41) is 9.26. The second-order valence-electron chi connectivity index (χ2n) is 8.39. The van der Waals surface area contributed by atoms with Crippen LogP contribution in [0.25, 0.3) is 0 Å². The fourth-order valence-electron chi connectivity index (χ4n) is 3.55. The van der Waals surface area contributed by atoms with Gasteiger partial charge in [-0.05, 0) is 67.1 Å². The van der Waals surface area contributed by atoms with Gasteiger partial charge in [0.05, 0.1) is 4.90 Å². The van der Waals surface area contributed by atoms with E-state index in [0.29, 0.717) is 30.3 Å². The summed E-state index contributed by atoms with van der Waals surface area (Å²) >= 11 is 8.01. The summed E-state index contributed by atoms with van der Waals surface area (Å²) in [6, 6.07) is 10.6. The lowest BCUT2D eigenvalue weighted by Gasteiger charge is -2.25. The molecule has 1 N–H and O–H groups in total. The second-order valence-corrected chi connectivity index (χ2v) is 12.3. The average molecular weight is 528 g/mol. The monoisotopic (exact) mass is 527 g/mol. The van der Waals surface area contributed by atoms with Gasteiger partial charge in [-0.1, -0.05) is 45.4 Å². The first-order valence-electron chi connectivity index (χ1n) is 11.4. The van der Waals surface area contributed by atoms with Gasteiger partial charge >= 0.3 is 5.97 Å². The van der Waals surface area contributed by atoms with Gasteiger partial charge in [0.2, 0.25) is 10.0 Å². The van der Waals surface area contributed by atoms with Crippen LogP contribution >= 0.6 is 23.4 Å². The molecule has 0 aliphatic rings. The van der Waals surface area contributed by atoms with E-state index in [0.717, 1.165) is 22.4 Å². The van der Waals surface area contributed by atoms with Crippen LogP contribution in [0.5, 0.6) is 5.75 Å². The normalized spacial score (nSPS) is 13.6. The Morgan fingerprint density at radius 1 is 1.18 bits per heavy atom. The zero-order valence-electron chi connectivity index (χ0n) is 20.4. The molecule has 1 unspecified atom stereocenters. The number of benzene rings is 2. The molecule has 0 aliphatic heterocycles. The van der Waals surface area contributed by atoms with Crippen molar-refractivity contribution in [1.29, 1.82) is 0 Å². The lowest BCUT2D eigenvalue weighted by molar-refractivity contribution is -0.139. The van der Waals surface area contributed by atoms with E-state index in [1.54, 1.807) is 30.0 Å². The fourth-order valence-corrected chi connectivity index (χ4v) is 6.83. The highest BCUT2D eigenvalue weighted by molar-refractivity contribution is 8.00. The molecule has 0 spiro atoms. The number of carboxylic acids is 1. The zero-order chi connectivity index (χ0) is 25.5. The van der Waals surface area contributed by atoms with Crippen molar-refractivity contribution in [3.63, 3.8) is 0 Å². The van der Waals surface area contributed by atoms with Crippen LogP contribution in [0.1, 0.15) is 57.6 Å². The van der Waals surface area contributed by atoms with Gasteiger partial charge in [-0.3, -0.25) is 0 Å². The average Bonchev–Trinajstić information content (AvgIpc) is 2.77. The molecule has 6 nitrogen and oxygen atoms in total. The number of nitrogens with zero attached hydrogens (tertiary/aromatic N) is 1. The third-order valence-electron chi connectivity index (χ3n) is 5.52. The van der Waals surface area contributed by atoms with Crippen molar-refractivity contribution in [2.24, 2.45) is 0 Å². The number of ether oxygens (including phenoxy) is 1. The molecule has 0 saturated heterocycles. The Kier molecular flexibility index (Phi) is 10.7. The van der Waals surface area contributed by atoms with Gasteiger partial charge in [0.1, 0.15) is 5.75 Å². The first kappa shape index (κ1) is 28.5. The molecule has 0 amide bonds. The molecular formula is C25H34ClNO5S2. The first-order valence-corrected chi connectivity index (χ1v) is 14.1. The molecule has 0 fully saturated rings. The number of carbonyl (C=O) groups is 1. The highest BCUT2D eigenvalue weighted by Crippen LogP contribution is 2.32. The number of hydrogen-bond donors (Lipinski definition) is 1. The van der Waals surface area contributed by atoms with Crippen LogP contribution in [0.15, 0.2) is 46.2 Å². The number of hydrogen-bond acceptors (Lipinski definition) is 5. The molecule has 0 saturated carbocycles. The molecule has 0 bridgehead atoms. The zero-order valence-corrected chi connectivity index (χ0v) is 22.8. The van der Waals surface area contributed by atoms with E-state index in [1.165, 1.54) is 4.31 Å². The second kappa shape index (κ2) is 12.8. The van der Waals surface area contributed by atoms with Gasteiger partial charge in [-0.25, -0.2) is 13.2 Å². The van der Waals surface area contributed by atoms with Gasteiger partial charge in [-0.15, -0.1) is 11.8 Å². The van der Waals surface area contributed by atoms with Crippen molar-refractivity contribution in [1.82, 2.24) is 4.31 Å². The van der Waals surface area contributed by atoms with E-state index in [1.807, 2.05) is 39.0 Å². The van der Waals surface area contributed by atoms with Gasteiger partial charge in [0.15, 0.2) is 6.61 Å². The largest absolute Gasteiger partial charge is 0.482 e. The van der Waals surface area contributed by atoms with E-state index in [-0.39, 0.29) is 16.1 Å². The molecule has 2 atom stereocenters. The Bertz CT molecular complexity index is 1090. The van der Waals surface area contributed by atoms with Crippen LogP contribution < -0.4 is 4.74 Å². The minimum atomic E-state index is -3.69. The molecule has 2 rings (SSSR count). The van der Waals surface area contributed by atoms with Gasteiger partial charge in [0.25, 0.3) is 0 Å². The Morgan fingerprint density at radius 2 is 1.88 bits per heavy atom. The van der Waals surface area contributed by atoms with Crippen molar-refractivity contribution < 1.29 is 23.1 Å². The van der Waals surface area contributed by atoms with Gasteiger partial charge in [0, 0.05) is 28.3 Å². The topological polar surface area (TPSA) is 83.9 Å². The van der Waals surface area contributed by atoms with Crippen LogP contribution in [0.3, 0.4) is 0 Å². The summed E-state index contributed by atoms with van der Waals surface area (Å²) < 4.78 is 33.7. The van der Waals surface area contributed by atoms with Crippen molar-refractivity contribution >= 4 is 39.4 Å². The highest BCUT2D eigenvalue weighted by Gasteiger charge is 2.27. The molecule has 0 radical (unpaired) electrons. The third-order valence-corrected chi connectivity index (χ3v) is 8.79.